The van der Waals surface area contributed by atoms with Crippen LogP contribution in [0.4, 0.5) is 9.39 Å². The Labute approximate surface area is 88.7 Å². The Morgan fingerprint density at radius 2 is 2.13 bits per heavy atom. The van der Waals surface area contributed by atoms with Crippen molar-refractivity contribution in [2.45, 2.75) is 12.8 Å². The van der Waals surface area contributed by atoms with Gasteiger partial charge in [-0.15, -0.1) is 0 Å². The molecule has 4 nitrogen and oxygen atoms in total. The molecule has 1 aliphatic carbocycles. The Balaban J connectivity index is 2.08. The van der Waals surface area contributed by atoms with Crippen LogP contribution in [0.15, 0.2) is 12.1 Å². The molecule has 0 aromatic carbocycles. The molecule has 6 heteroatoms. The summed E-state index contributed by atoms with van der Waals surface area (Å²) in [7, 11) is 0. The maximum Gasteiger partial charge on any atom is 0.319 e. The Morgan fingerprint density at radius 3 is 2.53 bits per heavy atom. The van der Waals surface area contributed by atoms with E-state index in [-0.39, 0.29) is 0 Å². The van der Waals surface area contributed by atoms with Crippen LogP contribution in [0.1, 0.15) is 12.8 Å². The number of carboxylic acid groups (broad SMARTS) is 1. The molecule has 0 atom stereocenters. The predicted octanol–water partition coefficient (Wildman–Crippen LogP) is 1.69. The first-order valence-electron chi connectivity index (χ1n) is 4.35. The first-order valence-corrected chi connectivity index (χ1v) is 5.16. The number of rotatable bonds is 3. The number of nitrogens with one attached hydrogen (secondary N) is 1. The molecular weight excluding hydrogens is 221 g/mol. The van der Waals surface area contributed by atoms with Crippen LogP contribution in [-0.4, -0.2) is 17.0 Å². The van der Waals surface area contributed by atoms with Crippen LogP contribution in [0.2, 0.25) is 0 Å². The van der Waals surface area contributed by atoms with Gasteiger partial charge in [0.25, 0.3) is 0 Å². The largest absolute Gasteiger partial charge is 0.480 e. The molecule has 1 amide bonds. The van der Waals surface area contributed by atoms with Gasteiger partial charge < -0.3 is 10.4 Å². The van der Waals surface area contributed by atoms with Crippen molar-refractivity contribution >= 4 is 28.2 Å². The summed E-state index contributed by atoms with van der Waals surface area (Å²) in [6, 6.07) is 2.64. The number of hydrogen-bond donors (Lipinski definition) is 2. The fourth-order valence-electron chi connectivity index (χ4n) is 1.28. The molecular formula is C9H8FNO3S. The van der Waals surface area contributed by atoms with E-state index < -0.39 is 22.4 Å². The van der Waals surface area contributed by atoms with Gasteiger partial charge in [-0.2, -0.15) is 4.39 Å². The Bertz CT molecular complexity index is 425. The van der Waals surface area contributed by atoms with Gasteiger partial charge in [0, 0.05) is 0 Å². The zero-order valence-electron chi connectivity index (χ0n) is 7.62. The van der Waals surface area contributed by atoms with E-state index in [1.165, 1.54) is 12.1 Å². The van der Waals surface area contributed by atoms with Gasteiger partial charge in [0.05, 0.1) is 5.00 Å². The summed E-state index contributed by atoms with van der Waals surface area (Å²) in [4.78, 5) is 22.3. The van der Waals surface area contributed by atoms with Crippen LogP contribution in [0.5, 0.6) is 0 Å². The number of hydrogen-bond acceptors (Lipinski definition) is 3. The predicted molar refractivity (Wildman–Crippen MR) is 52.2 cm³/mol. The fraction of sp³-hybridized carbons (Fsp3) is 0.333. The highest BCUT2D eigenvalue weighted by molar-refractivity contribution is 7.14. The third-order valence-electron chi connectivity index (χ3n) is 2.40. The van der Waals surface area contributed by atoms with Gasteiger partial charge in [-0.05, 0) is 25.0 Å². The molecule has 0 saturated heterocycles. The molecule has 1 aromatic rings. The molecule has 0 aliphatic heterocycles. The molecule has 0 bridgehead atoms. The molecule has 1 aromatic heterocycles. The summed E-state index contributed by atoms with van der Waals surface area (Å²) < 4.78 is 12.6. The number of thiophene rings is 1. The van der Waals surface area contributed by atoms with Crippen molar-refractivity contribution in [3.05, 3.63) is 17.3 Å². The summed E-state index contributed by atoms with van der Waals surface area (Å²) in [5.41, 5.74) is -1.28. The van der Waals surface area contributed by atoms with E-state index in [1.54, 1.807) is 0 Å². The van der Waals surface area contributed by atoms with Crippen molar-refractivity contribution in [1.82, 2.24) is 0 Å². The lowest BCUT2D eigenvalue weighted by Gasteiger charge is -2.08. The van der Waals surface area contributed by atoms with Crippen LogP contribution in [0.3, 0.4) is 0 Å². The van der Waals surface area contributed by atoms with Crippen LogP contribution in [0, 0.1) is 10.5 Å². The monoisotopic (exact) mass is 229 g/mol. The van der Waals surface area contributed by atoms with Crippen LogP contribution >= 0.6 is 11.3 Å². The van der Waals surface area contributed by atoms with Crippen molar-refractivity contribution in [1.29, 1.82) is 0 Å². The molecule has 1 saturated carbocycles. The average molecular weight is 229 g/mol. The molecule has 0 spiro atoms. The number of carbonyl (C=O) groups excluding carboxylic acids is 1. The maximum absolute atomic E-state index is 12.6. The highest BCUT2D eigenvalue weighted by atomic mass is 32.1. The van der Waals surface area contributed by atoms with E-state index in [4.69, 9.17) is 5.11 Å². The minimum atomic E-state index is -1.28. The summed E-state index contributed by atoms with van der Waals surface area (Å²) in [6.45, 7) is 0. The van der Waals surface area contributed by atoms with Gasteiger partial charge in [-0.25, -0.2) is 0 Å². The summed E-state index contributed by atoms with van der Waals surface area (Å²) in [5, 5.41) is 11.2. The zero-order valence-corrected chi connectivity index (χ0v) is 8.44. The number of carboxylic acids is 1. The van der Waals surface area contributed by atoms with Gasteiger partial charge in [0.1, 0.15) is 5.41 Å². The molecule has 0 unspecified atom stereocenters. The summed E-state index contributed by atoms with van der Waals surface area (Å²) in [5.74, 6) is -1.67. The molecule has 1 heterocycles. The molecule has 1 aliphatic rings. The van der Waals surface area contributed by atoms with Crippen molar-refractivity contribution < 1.29 is 19.1 Å². The number of aliphatic carboxylic acids is 1. The lowest BCUT2D eigenvalue weighted by Crippen LogP contribution is -2.30. The van der Waals surface area contributed by atoms with Gasteiger partial charge in [0.2, 0.25) is 5.91 Å². The lowest BCUT2D eigenvalue weighted by atomic mass is 10.1. The number of amides is 1. The number of carbonyl (C=O) groups is 2. The zero-order chi connectivity index (χ0) is 11.1. The highest BCUT2D eigenvalue weighted by Crippen LogP contribution is 2.47. The van der Waals surface area contributed by atoms with Crippen LogP contribution in [0.25, 0.3) is 0 Å². The molecule has 2 N–H and O–H groups in total. The number of anilines is 1. The summed E-state index contributed by atoms with van der Waals surface area (Å²) >= 11 is 0.780. The smallest absolute Gasteiger partial charge is 0.319 e. The Morgan fingerprint density at radius 1 is 1.47 bits per heavy atom. The van der Waals surface area contributed by atoms with Gasteiger partial charge in [-0.3, -0.25) is 9.59 Å². The van der Waals surface area contributed by atoms with E-state index in [0.29, 0.717) is 17.8 Å². The molecule has 80 valence electrons. The molecule has 2 rings (SSSR count). The molecule has 0 radical (unpaired) electrons. The van der Waals surface area contributed by atoms with E-state index >= 15 is 0 Å². The lowest BCUT2D eigenvalue weighted by molar-refractivity contribution is -0.147. The molecule has 15 heavy (non-hydrogen) atoms. The topological polar surface area (TPSA) is 66.4 Å². The Hall–Kier alpha value is -1.43. The van der Waals surface area contributed by atoms with Crippen molar-refractivity contribution in [2.24, 2.45) is 5.41 Å². The van der Waals surface area contributed by atoms with E-state index in [2.05, 4.69) is 5.32 Å². The SMILES string of the molecule is O=C(O)C1(C(=O)Nc2ccc(F)s2)CC1. The standard InChI is InChI=1S/C9H8FNO3S/c10-5-1-2-6(15-5)11-7(12)9(3-4-9)8(13)14/h1-2H,3-4H2,(H,11,12)(H,13,14). The van der Waals surface area contributed by atoms with Gasteiger partial charge in [-0.1, -0.05) is 11.3 Å². The van der Waals surface area contributed by atoms with Crippen LogP contribution in [-0.2, 0) is 9.59 Å². The second kappa shape index (κ2) is 3.30. The van der Waals surface area contributed by atoms with Gasteiger partial charge >= 0.3 is 5.97 Å². The Kier molecular flexibility index (Phi) is 2.22. The second-order valence-corrected chi connectivity index (χ2v) is 4.48. The first-order chi connectivity index (χ1) is 7.04. The minimum Gasteiger partial charge on any atom is -0.480 e. The molecule has 1 fully saturated rings. The second-order valence-electron chi connectivity index (χ2n) is 3.45. The van der Waals surface area contributed by atoms with E-state index in [0.717, 1.165) is 11.3 Å². The van der Waals surface area contributed by atoms with Crippen LogP contribution < -0.4 is 5.32 Å². The highest BCUT2D eigenvalue weighted by Gasteiger charge is 2.57. The number of halogens is 1. The summed E-state index contributed by atoms with van der Waals surface area (Å²) in [6.07, 6.45) is 0.698. The van der Waals surface area contributed by atoms with E-state index in [1.807, 2.05) is 0 Å². The minimum absolute atomic E-state index is 0.338. The van der Waals surface area contributed by atoms with Crippen molar-refractivity contribution in [2.75, 3.05) is 5.32 Å². The third-order valence-corrected chi connectivity index (χ3v) is 3.19. The fourth-order valence-corrected chi connectivity index (χ4v) is 1.90. The third kappa shape index (κ3) is 1.72. The van der Waals surface area contributed by atoms with Gasteiger partial charge in [0.15, 0.2) is 5.13 Å². The van der Waals surface area contributed by atoms with Crippen molar-refractivity contribution in [3.63, 3.8) is 0 Å². The first kappa shape index (κ1) is 10.1. The maximum atomic E-state index is 12.6. The van der Waals surface area contributed by atoms with Crippen molar-refractivity contribution in [3.8, 4) is 0 Å². The quantitative estimate of drug-likeness (QED) is 0.775. The normalized spacial score (nSPS) is 17.1. The van der Waals surface area contributed by atoms with E-state index in [9.17, 15) is 14.0 Å². The average Bonchev–Trinajstić information content (AvgIpc) is 2.88.